The van der Waals surface area contributed by atoms with Gasteiger partial charge < -0.3 is 0 Å². The van der Waals surface area contributed by atoms with Crippen LogP contribution >= 0.6 is 0 Å². The quantitative estimate of drug-likeness (QED) is 0.754. The van der Waals surface area contributed by atoms with Crippen LogP contribution in [0.25, 0.3) is 0 Å². The largest absolute Gasteiger partial charge is 0.299 e. The Balaban J connectivity index is 2.18. The van der Waals surface area contributed by atoms with Crippen LogP contribution in [0, 0.1) is 23.5 Å². The minimum atomic E-state index is -0.508. The number of halogens is 2. The fourth-order valence-corrected chi connectivity index (χ4v) is 2.34. The third-order valence-corrected chi connectivity index (χ3v) is 3.50. The van der Waals surface area contributed by atoms with E-state index in [2.05, 4.69) is 0 Å². The summed E-state index contributed by atoms with van der Waals surface area (Å²) in [4.78, 5) is 11.4. The summed E-state index contributed by atoms with van der Waals surface area (Å²) in [6.07, 6.45) is 1.61. The molecule has 1 fully saturated rings. The van der Waals surface area contributed by atoms with E-state index >= 15 is 0 Å². The average Bonchev–Trinajstić information content (AvgIpc) is 2.55. The topological polar surface area (TPSA) is 17.1 Å². The van der Waals surface area contributed by atoms with Gasteiger partial charge >= 0.3 is 0 Å². The Hall–Kier alpha value is -1.25. The molecule has 0 heterocycles. The number of hydrogen-bond donors (Lipinski definition) is 0. The van der Waals surface area contributed by atoms with E-state index in [4.69, 9.17) is 0 Å². The molecule has 0 N–H and O–H groups in total. The lowest BCUT2D eigenvalue weighted by Gasteiger charge is -2.14. The Labute approximate surface area is 93.5 Å². The van der Waals surface area contributed by atoms with E-state index in [1.54, 1.807) is 0 Å². The standard InChI is InChI=1S/C13H14F2O/c1-8-9(5-6-13(8)16)7-10-11(14)3-2-4-12(10)15/h2-4,8-9H,5-7H2,1H3. The van der Waals surface area contributed by atoms with Crippen molar-refractivity contribution >= 4 is 5.78 Å². The molecular weight excluding hydrogens is 210 g/mol. The molecule has 2 atom stereocenters. The van der Waals surface area contributed by atoms with Gasteiger partial charge in [0.25, 0.3) is 0 Å². The SMILES string of the molecule is CC1C(=O)CCC1Cc1c(F)cccc1F. The zero-order valence-electron chi connectivity index (χ0n) is 9.17. The summed E-state index contributed by atoms with van der Waals surface area (Å²) in [5.41, 5.74) is 0.119. The van der Waals surface area contributed by atoms with Crippen molar-refractivity contribution in [3.05, 3.63) is 35.4 Å². The molecule has 0 spiro atoms. The first-order chi connectivity index (χ1) is 7.59. The van der Waals surface area contributed by atoms with E-state index in [0.29, 0.717) is 12.8 Å². The van der Waals surface area contributed by atoms with Crippen molar-refractivity contribution in [2.45, 2.75) is 26.2 Å². The van der Waals surface area contributed by atoms with Gasteiger partial charge in [0, 0.05) is 17.9 Å². The maximum atomic E-state index is 13.4. The molecule has 2 unspecified atom stereocenters. The maximum Gasteiger partial charge on any atom is 0.135 e. The second-order valence-corrected chi connectivity index (χ2v) is 4.46. The predicted molar refractivity (Wildman–Crippen MR) is 57.0 cm³/mol. The summed E-state index contributed by atoms with van der Waals surface area (Å²) in [7, 11) is 0. The van der Waals surface area contributed by atoms with Crippen LogP contribution in [0.5, 0.6) is 0 Å². The number of Topliss-reactive ketones (excluding diaryl/α,β-unsaturated/α-hetero) is 1. The predicted octanol–water partition coefficient (Wildman–Crippen LogP) is 3.12. The van der Waals surface area contributed by atoms with Gasteiger partial charge in [-0.3, -0.25) is 4.79 Å². The molecule has 16 heavy (non-hydrogen) atoms. The van der Waals surface area contributed by atoms with Crippen molar-refractivity contribution in [1.82, 2.24) is 0 Å². The summed E-state index contributed by atoms with van der Waals surface area (Å²) in [5.74, 6) is -0.794. The van der Waals surface area contributed by atoms with Gasteiger partial charge in [-0.05, 0) is 30.9 Å². The molecule has 1 aromatic carbocycles. The highest BCUT2D eigenvalue weighted by Gasteiger charge is 2.31. The second kappa shape index (κ2) is 4.32. The van der Waals surface area contributed by atoms with Gasteiger partial charge in [0.2, 0.25) is 0 Å². The molecular formula is C13H14F2O. The van der Waals surface area contributed by atoms with Crippen LogP contribution in [0.2, 0.25) is 0 Å². The number of hydrogen-bond acceptors (Lipinski definition) is 1. The van der Waals surface area contributed by atoms with E-state index in [-0.39, 0.29) is 23.2 Å². The van der Waals surface area contributed by atoms with E-state index in [1.165, 1.54) is 18.2 Å². The fourth-order valence-electron chi connectivity index (χ4n) is 2.34. The van der Waals surface area contributed by atoms with Gasteiger partial charge in [0.1, 0.15) is 17.4 Å². The van der Waals surface area contributed by atoms with Crippen molar-refractivity contribution in [2.24, 2.45) is 11.8 Å². The number of carbonyl (C=O) groups excluding carboxylic acids is 1. The van der Waals surface area contributed by atoms with Crippen LogP contribution in [0.4, 0.5) is 8.78 Å². The average molecular weight is 224 g/mol. The van der Waals surface area contributed by atoms with Crippen LogP contribution in [0.1, 0.15) is 25.3 Å². The number of rotatable bonds is 2. The Bertz CT molecular complexity index is 394. The molecule has 1 nitrogen and oxygen atoms in total. The molecule has 0 saturated heterocycles. The van der Waals surface area contributed by atoms with Gasteiger partial charge in [-0.2, -0.15) is 0 Å². The summed E-state index contributed by atoms with van der Waals surface area (Å²) >= 11 is 0. The third kappa shape index (κ3) is 1.99. The minimum Gasteiger partial charge on any atom is -0.299 e. The Morgan fingerprint density at radius 3 is 2.44 bits per heavy atom. The van der Waals surface area contributed by atoms with E-state index in [0.717, 1.165) is 6.42 Å². The zero-order chi connectivity index (χ0) is 11.7. The first-order valence-electron chi connectivity index (χ1n) is 5.55. The Kier molecular flexibility index (Phi) is 3.03. The molecule has 1 aliphatic rings. The van der Waals surface area contributed by atoms with Crippen LogP contribution in [-0.2, 0) is 11.2 Å². The van der Waals surface area contributed by atoms with Crippen molar-refractivity contribution in [3.8, 4) is 0 Å². The lowest BCUT2D eigenvalue weighted by molar-refractivity contribution is -0.120. The molecule has 1 aliphatic carbocycles. The minimum absolute atomic E-state index is 0.0704. The molecule has 3 heteroatoms. The summed E-state index contributed by atoms with van der Waals surface area (Å²) in [6, 6.07) is 3.89. The molecule has 0 amide bonds. The summed E-state index contributed by atoms with van der Waals surface area (Å²) < 4.78 is 26.8. The third-order valence-electron chi connectivity index (χ3n) is 3.50. The van der Waals surface area contributed by atoms with Gasteiger partial charge in [-0.25, -0.2) is 8.78 Å². The number of ketones is 1. The van der Waals surface area contributed by atoms with Crippen LogP contribution < -0.4 is 0 Å². The van der Waals surface area contributed by atoms with Gasteiger partial charge in [-0.1, -0.05) is 13.0 Å². The molecule has 0 bridgehead atoms. The molecule has 1 saturated carbocycles. The van der Waals surface area contributed by atoms with Gasteiger partial charge in [0.05, 0.1) is 0 Å². The van der Waals surface area contributed by atoms with E-state index in [1.807, 2.05) is 6.92 Å². The summed E-state index contributed by atoms with van der Waals surface area (Å²) in [6.45, 7) is 1.85. The molecule has 86 valence electrons. The lowest BCUT2D eigenvalue weighted by Crippen LogP contribution is -2.14. The molecule has 0 aromatic heterocycles. The lowest BCUT2D eigenvalue weighted by atomic mass is 9.90. The van der Waals surface area contributed by atoms with Crippen molar-refractivity contribution < 1.29 is 13.6 Å². The van der Waals surface area contributed by atoms with Crippen molar-refractivity contribution in [1.29, 1.82) is 0 Å². The fraction of sp³-hybridized carbons (Fsp3) is 0.462. The molecule has 0 aliphatic heterocycles. The molecule has 1 aromatic rings. The second-order valence-electron chi connectivity index (χ2n) is 4.46. The van der Waals surface area contributed by atoms with Gasteiger partial charge in [0.15, 0.2) is 0 Å². The van der Waals surface area contributed by atoms with E-state index in [9.17, 15) is 13.6 Å². The smallest absolute Gasteiger partial charge is 0.135 e. The van der Waals surface area contributed by atoms with Crippen LogP contribution in [0.15, 0.2) is 18.2 Å². The molecule has 0 radical (unpaired) electrons. The van der Waals surface area contributed by atoms with Crippen molar-refractivity contribution in [2.75, 3.05) is 0 Å². The zero-order valence-corrected chi connectivity index (χ0v) is 9.17. The first-order valence-corrected chi connectivity index (χ1v) is 5.55. The van der Waals surface area contributed by atoms with E-state index < -0.39 is 11.6 Å². The van der Waals surface area contributed by atoms with Crippen molar-refractivity contribution in [3.63, 3.8) is 0 Å². The number of benzene rings is 1. The molecule has 2 rings (SSSR count). The Morgan fingerprint density at radius 2 is 1.94 bits per heavy atom. The monoisotopic (exact) mass is 224 g/mol. The highest BCUT2D eigenvalue weighted by Crippen LogP contribution is 2.32. The highest BCUT2D eigenvalue weighted by atomic mass is 19.1. The highest BCUT2D eigenvalue weighted by molar-refractivity contribution is 5.83. The maximum absolute atomic E-state index is 13.4. The van der Waals surface area contributed by atoms with Crippen LogP contribution in [0.3, 0.4) is 0 Å². The number of carbonyl (C=O) groups is 1. The van der Waals surface area contributed by atoms with Gasteiger partial charge in [-0.15, -0.1) is 0 Å². The summed E-state index contributed by atoms with van der Waals surface area (Å²) in [5, 5.41) is 0. The first kappa shape index (κ1) is 11.2. The van der Waals surface area contributed by atoms with Crippen LogP contribution in [-0.4, -0.2) is 5.78 Å². The Morgan fingerprint density at radius 1 is 1.31 bits per heavy atom. The normalized spacial score (nSPS) is 25.1.